The van der Waals surface area contributed by atoms with Crippen molar-refractivity contribution < 1.29 is 10.2 Å². The van der Waals surface area contributed by atoms with Crippen molar-refractivity contribution >= 4 is 12.6 Å². The molecule has 1 aliphatic rings. The topological polar surface area (TPSA) is 40.5 Å². The summed E-state index contributed by atoms with van der Waals surface area (Å²) >= 11 is 3.98. The summed E-state index contributed by atoms with van der Waals surface area (Å²) in [5, 5.41) is 17.5. The molecule has 0 amide bonds. The molecule has 0 fully saturated rings. The zero-order chi connectivity index (χ0) is 6.85. The fraction of sp³-hybridized carbons (Fsp3) is 0.333. The maximum absolute atomic E-state index is 8.98. The third-order valence-corrected chi connectivity index (χ3v) is 1.61. The second kappa shape index (κ2) is 2.45. The molecule has 0 bridgehead atoms. The quantitative estimate of drug-likeness (QED) is 0.437. The molecule has 2 atom stereocenters. The predicted octanol–water partition coefficient (Wildman–Crippen LogP) is 0.657. The van der Waals surface area contributed by atoms with Crippen LogP contribution in [0.4, 0.5) is 0 Å². The maximum atomic E-state index is 8.98. The van der Waals surface area contributed by atoms with Crippen molar-refractivity contribution in [3.63, 3.8) is 0 Å². The Morgan fingerprint density at radius 1 is 1.56 bits per heavy atom. The van der Waals surface area contributed by atoms with Gasteiger partial charge in [-0.15, -0.1) is 0 Å². The van der Waals surface area contributed by atoms with E-state index in [1.165, 1.54) is 18.2 Å². The van der Waals surface area contributed by atoms with Crippen LogP contribution >= 0.6 is 12.6 Å². The van der Waals surface area contributed by atoms with Crippen LogP contribution in [0.15, 0.2) is 24.0 Å². The number of rotatable bonds is 0. The molecule has 0 spiro atoms. The molecule has 50 valence electrons. The Morgan fingerprint density at radius 2 is 2.22 bits per heavy atom. The number of aliphatic hydroxyl groups excluding tert-OH is 2. The van der Waals surface area contributed by atoms with Crippen molar-refractivity contribution in [2.75, 3.05) is 0 Å². The average molecular weight is 144 g/mol. The highest BCUT2D eigenvalue weighted by molar-refractivity contribution is 7.81. The lowest BCUT2D eigenvalue weighted by Crippen LogP contribution is -2.18. The molecule has 0 unspecified atom stereocenters. The van der Waals surface area contributed by atoms with E-state index in [1.807, 2.05) is 0 Å². The van der Waals surface area contributed by atoms with Crippen molar-refractivity contribution in [1.82, 2.24) is 0 Å². The van der Waals surface area contributed by atoms with E-state index in [-0.39, 0.29) is 11.0 Å². The number of aliphatic hydroxyl groups is 2. The van der Waals surface area contributed by atoms with Crippen LogP contribution in [0.5, 0.6) is 0 Å². The van der Waals surface area contributed by atoms with Gasteiger partial charge in [0.25, 0.3) is 0 Å². The van der Waals surface area contributed by atoms with Crippen LogP contribution in [0.3, 0.4) is 0 Å². The van der Waals surface area contributed by atoms with Gasteiger partial charge in [0.1, 0.15) is 5.76 Å². The minimum Gasteiger partial charge on any atom is -0.508 e. The van der Waals surface area contributed by atoms with Crippen LogP contribution in [-0.4, -0.2) is 21.6 Å². The molecule has 0 aromatic rings. The van der Waals surface area contributed by atoms with Gasteiger partial charge in [0.2, 0.25) is 0 Å². The molecule has 9 heavy (non-hydrogen) atoms. The van der Waals surface area contributed by atoms with Gasteiger partial charge in [-0.05, 0) is 12.2 Å². The summed E-state index contributed by atoms with van der Waals surface area (Å²) in [4.78, 5) is 0. The van der Waals surface area contributed by atoms with Gasteiger partial charge >= 0.3 is 0 Å². The summed E-state index contributed by atoms with van der Waals surface area (Å²) in [5.41, 5.74) is 0. The summed E-state index contributed by atoms with van der Waals surface area (Å²) in [6, 6.07) is 0. The summed E-state index contributed by atoms with van der Waals surface area (Å²) in [7, 11) is 0. The monoisotopic (exact) mass is 144 g/mol. The fourth-order valence-corrected chi connectivity index (χ4v) is 0.892. The largest absolute Gasteiger partial charge is 0.508 e. The van der Waals surface area contributed by atoms with Crippen molar-refractivity contribution in [2.45, 2.75) is 11.4 Å². The second-order valence-corrected chi connectivity index (χ2v) is 2.53. The molecule has 0 saturated heterocycles. The summed E-state index contributed by atoms with van der Waals surface area (Å²) in [6.07, 6.45) is 3.89. The molecule has 0 radical (unpaired) electrons. The van der Waals surface area contributed by atoms with Crippen LogP contribution in [0.25, 0.3) is 0 Å². The molecule has 0 heterocycles. The van der Waals surface area contributed by atoms with Crippen molar-refractivity contribution in [3.8, 4) is 0 Å². The number of thiol groups is 1. The van der Waals surface area contributed by atoms with Gasteiger partial charge in [0.15, 0.2) is 0 Å². The van der Waals surface area contributed by atoms with Gasteiger partial charge in [0.05, 0.1) is 11.4 Å². The van der Waals surface area contributed by atoms with E-state index in [0.717, 1.165) is 0 Å². The van der Waals surface area contributed by atoms with Crippen molar-refractivity contribution in [3.05, 3.63) is 24.0 Å². The zero-order valence-electron chi connectivity index (χ0n) is 4.73. The van der Waals surface area contributed by atoms with Crippen LogP contribution in [0, 0.1) is 0 Å². The number of allylic oxidation sites excluding steroid dienone is 1. The van der Waals surface area contributed by atoms with Crippen LogP contribution < -0.4 is 0 Å². The predicted molar refractivity (Wildman–Crippen MR) is 38.6 cm³/mol. The first-order valence-corrected chi connectivity index (χ1v) is 3.17. The van der Waals surface area contributed by atoms with Crippen molar-refractivity contribution in [2.24, 2.45) is 0 Å². The van der Waals surface area contributed by atoms with Gasteiger partial charge in [-0.2, -0.15) is 12.6 Å². The van der Waals surface area contributed by atoms with E-state index in [1.54, 1.807) is 0 Å². The normalized spacial score (nSPS) is 34.2. The molecule has 0 aromatic heterocycles. The van der Waals surface area contributed by atoms with Crippen LogP contribution in [-0.2, 0) is 0 Å². The molecule has 0 aromatic carbocycles. The number of hydrogen-bond donors (Lipinski definition) is 3. The second-order valence-electron chi connectivity index (χ2n) is 1.93. The SMILES string of the molecule is OC1=C[C@H](S)[C@H](O)C=C1. The van der Waals surface area contributed by atoms with Gasteiger partial charge in [-0.25, -0.2) is 0 Å². The summed E-state index contributed by atoms with van der Waals surface area (Å²) < 4.78 is 0. The highest BCUT2D eigenvalue weighted by Gasteiger charge is 2.13. The lowest BCUT2D eigenvalue weighted by molar-refractivity contribution is 0.227. The minimum atomic E-state index is -0.566. The molecule has 2 nitrogen and oxygen atoms in total. The fourth-order valence-electron chi connectivity index (χ4n) is 0.640. The molecular weight excluding hydrogens is 136 g/mol. The molecule has 3 heteroatoms. The average Bonchev–Trinajstić information content (AvgIpc) is 1.80. The smallest absolute Gasteiger partial charge is 0.112 e. The van der Waals surface area contributed by atoms with E-state index in [9.17, 15) is 0 Å². The standard InChI is InChI=1S/C6H8O2S/c7-4-1-2-5(8)6(9)3-4/h1-3,5-9H/t5-,6+/m1/s1. The third-order valence-electron chi connectivity index (χ3n) is 1.16. The molecule has 0 aliphatic heterocycles. The van der Waals surface area contributed by atoms with Gasteiger partial charge < -0.3 is 10.2 Å². The minimum absolute atomic E-state index is 0.167. The first-order chi connectivity index (χ1) is 4.20. The summed E-state index contributed by atoms with van der Waals surface area (Å²) in [5.74, 6) is 0.167. The Bertz CT molecular complexity index is 162. The van der Waals surface area contributed by atoms with E-state index in [0.29, 0.717) is 0 Å². The van der Waals surface area contributed by atoms with Crippen LogP contribution in [0.1, 0.15) is 0 Å². The first kappa shape index (κ1) is 6.71. The van der Waals surface area contributed by atoms with E-state index in [4.69, 9.17) is 10.2 Å². The zero-order valence-corrected chi connectivity index (χ0v) is 5.62. The maximum Gasteiger partial charge on any atom is 0.112 e. The Hall–Kier alpha value is -0.410. The van der Waals surface area contributed by atoms with Gasteiger partial charge in [0, 0.05) is 0 Å². The first-order valence-electron chi connectivity index (χ1n) is 2.65. The number of hydrogen-bond acceptors (Lipinski definition) is 3. The summed E-state index contributed by atoms with van der Waals surface area (Å²) in [6.45, 7) is 0. The van der Waals surface area contributed by atoms with Gasteiger partial charge in [-0.1, -0.05) is 6.08 Å². The molecule has 2 N–H and O–H groups in total. The lowest BCUT2D eigenvalue weighted by atomic mass is 10.1. The lowest BCUT2D eigenvalue weighted by Gasteiger charge is -2.13. The molecular formula is C6H8O2S. The van der Waals surface area contributed by atoms with Gasteiger partial charge in [-0.3, -0.25) is 0 Å². The Morgan fingerprint density at radius 3 is 2.67 bits per heavy atom. The highest BCUT2D eigenvalue weighted by Crippen LogP contribution is 2.13. The Kier molecular flexibility index (Phi) is 1.83. The van der Waals surface area contributed by atoms with Crippen molar-refractivity contribution in [1.29, 1.82) is 0 Å². The highest BCUT2D eigenvalue weighted by atomic mass is 32.1. The van der Waals surface area contributed by atoms with Crippen LogP contribution in [0.2, 0.25) is 0 Å². The third kappa shape index (κ3) is 1.50. The Labute approximate surface area is 58.9 Å². The van der Waals surface area contributed by atoms with E-state index in [2.05, 4.69) is 12.6 Å². The van der Waals surface area contributed by atoms with E-state index < -0.39 is 6.10 Å². The molecule has 1 aliphatic carbocycles. The Balaban J connectivity index is 2.70. The van der Waals surface area contributed by atoms with E-state index >= 15 is 0 Å². The molecule has 0 saturated carbocycles. The molecule has 1 rings (SSSR count).